The van der Waals surface area contributed by atoms with Crippen molar-refractivity contribution in [3.8, 4) is 11.1 Å². The van der Waals surface area contributed by atoms with E-state index in [1.165, 1.54) is 17.7 Å². The molecule has 4 aromatic rings. The van der Waals surface area contributed by atoms with Crippen LogP contribution < -0.4 is 5.32 Å². The van der Waals surface area contributed by atoms with Crippen LogP contribution >= 0.6 is 27.3 Å². The van der Waals surface area contributed by atoms with Crippen molar-refractivity contribution in [2.45, 2.75) is 25.7 Å². The van der Waals surface area contributed by atoms with E-state index < -0.39 is 23.5 Å². The molecular formula is C22H14BrF6N3S. The molecule has 11 heteroatoms. The maximum Gasteiger partial charge on any atom is 0.416 e. The van der Waals surface area contributed by atoms with E-state index in [-0.39, 0.29) is 17.6 Å². The predicted molar refractivity (Wildman–Crippen MR) is 120 cm³/mol. The average molecular weight is 546 g/mol. The van der Waals surface area contributed by atoms with E-state index in [4.69, 9.17) is 0 Å². The fourth-order valence-corrected chi connectivity index (χ4v) is 4.77. The Balaban J connectivity index is 1.90. The first-order valence-corrected chi connectivity index (χ1v) is 11.2. The highest BCUT2D eigenvalue weighted by molar-refractivity contribution is 9.10. The largest absolute Gasteiger partial charge is 0.416 e. The molecule has 3 nitrogen and oxygen atoms in total. The first-order chi connectivity index (χ1) is 15.5. The first kappa shape index (κ1) is 23.5. The van der Waals surface area contributed by atoms with Gasteiger partial charge in [-0.05, 0) is 42.3 Å². The molecule has 4 rings (SSSR count). The third-order valence-electron chi connectivity index (χ3n) is 4.87. The highest BCUT2D eigenvalue weighted by atomic mass is 79.9. The Morgan fingerprint density at radius 1 is 0.909 bits per heavy atom. The monoisotopic (exact) mass is 545 g/mol. The average Bonchev–Trinajstić information content (AvgIpc) is 3.12. The molecule has 0 spiro atoms. The summed E-state index contributed by atoms with van der Waals surface area (Å²) in [6, 6.07) is 8.79. The minimum Gasteiger partial charge on any atom is -0.340 e. The number of aryl methyl sites for hydroxylation is 1. The summed E-state index contributed by atoms with van der Waals surface area (Å²) in [5.41, 5.74) is -1.56. The Labute approximate surface area is 196 Å². The molecule has 0 aliphatic heterocycles. The number of hydrogen-bond donors (Lipinski definition) is 1. The number of rotatable bonds is 4. The summed E-state index contributed by atoms with van der Waals surface area (Å²) >= 11 is 4.78. The van der Waals surface area contributed by atoms with E-state index in [1.54, 1.807) is 0 Å². The van der Waals surface area contributed by atoms with Crippen LogP contribution in [-0.2, 0) is 18.8 Å². The molecule has 1 N–H and O–H groups in total. The Morgan fingerprint density at radius 3 is 2.06 bits per heavy atom. The van der Waals surface area contributed by atoms with Crippen LogP contribution in [0, 0.1) is 0 Å². The number of alkyl halides is 6. The van der Waals surface area contributed by atoms with Gasteiger partial charge >= 0.3 is 12.4 Å². The smallest absolute Gasteiger partial charge is 0.340 e. The van der Waals surface area contributed by atoms with Crippen molar-refractivity contribution < 1.29 is 26.3 Å². The van der Waals surface area contributed by atoms with Gasteiger partial charge in [0.25, 0.3) is 0 Å². The Bertz CT molecular complexity index is 1280. The lowest BCUT2D eigenvalue weighted by molar-refractivity contribution is -0.143. The van der Waals surface area contributed by atoms with Gasteiger partial charge in [0.15, 0.2) is 0 Å². The summed E-state index contributed by atoms with van der Waals surface area (Å²) < 4.78 is 80.5. The summed E-state index contributed by atoms with van der Waals surface area (Å²) in [5, 5.41) is 3.21. The van der Waals surface area contributed by atoms with E-state index in [9.17, 15) is 26.3 Å². The Hall–Kier alpha value is -2.66. The molecule has 0 radical (unpaired) electrons. The lowest BCUT2D eigenvalue weighted by Crippen LogP contribution is -2.11. The third kappa shape index (κ3) is 4.84. The van der Waals surface area contributed by atoms with E-state index in [0.717, 1.165) is 20.5 Å². The lowest BCUT2D eigenvalue weighted by atomic mass is 10.0. The minimum absolute atomic E-state index is 0.0911. The molecule has 0 saturated carbocycles. The minimum atomic E-state index is -4.95. The van der Waals surface area contributed by atoms with Crippen molar-refractivity contribution in [1.82, 2.24) is 9.97 Å². The molecule has 2 aromatic heterocycles. The molecule has 172 valence electrons. The number of hydrogen-bond acceptors (Lipinski definition) is 4. The van der Waals surface area contributed by atoms with Crippen molar-refractivity contribution in [2.75, 3.05) is 5.32 Å². The van der Waals surface area contributed by atoms with Crippen molar-refractivity contribution in [1.29, 1.82) is 0 Å². The number of nitrogens with one attached hydrogen (secondary N) is 1. The second-order valence-electron chi connectivity index (χ2n) is 7.08. The molecule has 0 saturated heterocycles. The van der Waals surface area contributed by atoms with Crippen LogP contribution in [0.3, 0.4) is 0 Å². The molecule has 0 amide bonds. The van der Waals surface area contributed by atoms with Crippen LogP contribution in [-0.4, -0.2) is 9.97 Å². The number of aromatic nitrogens is 2. The fourth-order valence-electron chi connectivity index (χ4n) is 3.41. The number of thiophene rings is 1. The highest BCUT2D eigenvalue weighted by Gasteiger charge is 2.37. The molecule has 2 aromatic carbocycles. The van der Waals surface area contributed by atoms with Gasteiger partial charge in [-0.2, -0.15) is 26.3 Å². The summed E-state index contributed by atoms with van der Waals surface area (Å²) in [7, 11) is 0. The summed E-state index contributed by atoms with van der Waals surface area (Å²) in [5.74, 6) is 0.126. The van der Waals surface area contributed by atoms with Gasteiger partial charge < -0.3 is 5.32 Å². The van der Waals surface area contributed by atoms with Crippen LogP contribution in [0.2, 0.25) is 0 Å². The molecule has 0 bridgehead atoms. The Morgan fingerprint density at radius 2 is 1.52 bits per heavy atom. The summed E-state index contributed by atoms with van der Waals surface area (Å²) in [6.45, 7) is 1.95. The van der Waals surface area contributed by atoms with Crippen molar-refractivity contribution in [3.05, 3.63) is 69.3 Å². The van der Waals surface area contributed by atoms with Crippen LogP contribution in [0.1, 0.15) is 22.9 Å². The van der Waals surface area contributed by atoms with Gasteiger partial charge in [0.2, 0.25) is 0 Å². The van der Waals surface area contributed by atoms with Gasteiger partial charge in [0, 0.05) is 20.6 Å². The number of fused-ring (bicyclic) bond motifs is 1. The first-order valence-electron chi connectivity index (χ1n) is 9.56. The number of benzene rings is 2. The van der Waals surface area contributed by atoms with Crippen molar-refractivity contribution >= 4 is 49.0 Å². The van der Waals surface area contributed by atoms with E-state index in [2.05, 4.69) is 31.2 Å². The molecule has 0 aliphatic carbocycles. The number of anilines is 2. The zero-order valence-corrected chi connectivity index (χ0v) is 19.2. The van der Waals surface area contributed by atoms with Crippen molar-refractivity contribution in [2.24, 2.45) is 0 Å². The lowest BCUT2D eigenvalue weighted by Gasteiger charge is -2.15. The SMILES string of the molecule is CCc1sc2ncnc(Nc3cc(C(F)(F)F)cc(C(F)(F)F)c3)c2c1-c1ccc(Br)cc1. The third-order valence-corrected chi connectivity index (χ3v) is 6.64. The van der Waals surface area contributed by atoms with Gasteiger partial charge in [0.05, 0.1) is 16.5 Å². The van der Waals surface area contributed by atoms with E-state index in [0.29, 0.717) is 28.8 Å². The molecular weight excluding hydrogens is 532 g/mol. The fraction of sp³-hybridized carbons (Fsp3) is 0.182. The molecule has 0 fully saturated rings. The number of nitrogens with zero attached hydrogens (tertiary/aromatic N) is 2. The maximum absolute atomic E-state index is 13.3. The molecule has 0 unspecified atom stereocenters. The molecule has 0 atom stereocenters. The van der Waals surface area contributed by atoms with E-state index >= 15 is 0 Å². The second kappa shape index (κ2) is 8.60. The van der Waals surface area contributed by atoms with Crippen molar-refractivity contribution in [3.63, 3.8) is 0 Å². The zero-order chi connectivity index (χ0) is 24.0. The van der Waals surface area contributed by atoms with Gasteiger partial charge in [-0.1, -0.05) is 35.0 Å². The van der Waals surface area contributed by atoms with Gasteiger partial charge in [-0.25, -0.2) is 9.97 Å². The number of halogens is 7. The van der Waals surface area contributed by atoms with Crippen LogP contribution in [0.4, 0.5) is 37.8 Å². The second-order valence-corrected chi connectivity index (χ2v) is 9.08. The summed E-state index contributed by atoms with van der Waals surface area (Å²) in [4.78, 5) is 9.96. The van der Waals surface area contributed by atoms with Crippen LogP contribution in [0.15, 0.2) is 53.3 Å². The van der Waals surface area contributed by atoms with Gasteiger partial charge in [0.1, 0.15) is 17.0 Å². The topological polar surface area (TPSA) is 37.8 Å². The molecule has 0 aliphatic rings. The van der Waals surface area contributed by atoms with Crippen LogP contribution in [0.5, 0.6) is 0 Å². The standard InChI is InChI=1S/C22H14BrF6N3S/c1-2-16-17(11-3-5-14(23)6-4-11)18-19(30-10-31-20(18)33-16)32-15-8-12(21(24,25)26)7-13(9-15)22(27,28)29/h3-10H,2H2,1H3,(H,30,31,32). The molecule has 33 heavy (non-hydrogen) atoms. The molecule has 2 heterocycles. The highest BCUT2D eigenvalue weighted by Crippen LogP contribution is 2.43. The zero-order valence-electron chi connectivity index (χ0n) is 16.8. The Kier molecular flexibility index (Phi) is 6.12. The summed E-state index contributed by atoms with van der Waals surface area (Å²) in [6.07, 6.45) is -8.00. The van der Waals surface area contributed by atoms with Gasteiger partial charge in [-0.15, -0.1) is 11.3 Å². The normalized spacial score (nSPS) is 12.4. The van der Waals surface area contributed by atoms with Gasteiger partial charge in [-0.3, -0.25) is 0 Å². The maximum atomic E-state index is 13.3. The van der Waals surface area contributed by atoms with E-state index in [1.807, 2.05) is 31.2 Å². The van der Waals surface area contributed by atoms with Crippen LogP contribution in [0.25, 0.3) is 21.3 Å². The quantitative estimate of drug-likeness (QED) is 0.261. The predicted octanol–water partition coefficient (Wildman–Crippen LogP) is 8.46.